The third kappa shape index (κ3) is 2.83. The van der Waals surface area contributed by atoms with Gasteiger partial charge in [0.15, 0.2) is 11.5 Å². The number of anilines is 1. The van der Waals surface area contributed by atoms with Gasteiger partial charge in [-0.3, -0.25) is 9.36 Å². The van der Waals surface area contributed by atoms with Crippen LogP contribution >= 0.6 is 0 Å². The highest BCUT2D eigenvalue weighted by atomic mass is 19.1. The summed E-state index contributed by atoms with van der Waals surface area (Å²) in [6.07, 6.45) is 1.63. The molecule has 28 heavy (non-hydrogen) atoms. The summed E-state index contributed by atoms with van der Waals surface area (Å²) in [5, 5.41) is 12.9. The fraction of sp³-hybridized carbons (Fsp3) is 0.200. The Morgan fingerprint density at radius 3 is 2.54 bits per heavy atom. The molecule has 0 radical (unpaired) electrons. The first-order valence-electron chi connectivity index (χ1n) is 8.60. The number of benzene rings is 2. The number of carbonyl (C=O) groups excluding carboxylic acids is 1. The highest BCUT2D eigenvalue weighted by Crippen LogP contribution is 2.44. The van der Waals surface area contributed by atoms with E-state index in [1.807, 2.05) is 0 Å². The molecule has 0 unspecified atom stereocenters. The predicted octanol–water partition coefficient (Wildman–Crippen LogP) is 3.21. The van der Waals surface area contributed by atoms with Gasteiger partial charge < -0.3 is 19.9 Å². The van der Waals surface area contributed by atoms with E-state index in [0.29, 0.717) is 17.1 Å². The standard InChI is InChI=1S/C20H18FN3O4/c1-27-15-7-11(8-16(28-2)19(15)26)12-9-17(25)23-20-18(12)22-10-24(20)14-6-4-3-5-13(14)21/h3-8,10,12,26H,9H2,1-2H3,(H,23,25)/t12-/m1/s1. The minimum Gasteiger partial charge on any atom is -0.502 e. The Labute approximate surface area is 160 Å². The second-order valence-electron chi connectivity index (χ2n) is 6.38. The Kier molecular flexibility index (Phi) is 4.38. The molecule has 0 saturated carbocycles. The molecule has 8 heteroatoms. The first kappa shape index (κ1) is 17.8. The zero-order valence-corrected chi connectivity index (χ0v) is 15.3. The molecule has 2 heterocycles. The van der Waals surface area contributed by atoms with Gasteiger partial charge in [-0.05, 0) is 29.8 Å². The maximum absolute atomic E-state index is 14.3. The number of phenols is 1. The van der Waals surface area contributed by atoms with Crippen LogP contribution in [0.3, 0.4) is 0 Å². The van der Waals surface area contributed by atoms with Crippen molar-refractivity contribution >= 4 is 11.7 Å². The molecule has 3 aromatic rings. The number of nitrogens with one attached hydrogen (secondary N) is 1. The summed E-state index contributed by atoms with van der Waals surface area (Å²) < 4.78 is 26.2. The Hall–Kier alpha value is -3.55. The number of aromatic nitrogens is 2. The van der Waals surface area contributed by atoms with Crippen LogP contribution in [0, 0.1) is 5.82 Å². The summed E-state index contributed by atoms with van der Waals surface area (Å²) in [7, 11) is 2.87. The average molecular weight is 383 g/mol. The zero-order valence-electron chi connectivity index (χ0n) is 15.3. The van der Waals surface area contributed by atoms with Crippen LogP contribution in [0.2, 0.25) is 0 Å². The van der Waals surface area contributed by atoms with Crippen LogP contribution in [0.4, 0.5) is 10.2 Å². The molecule has 0 aliphatic carbocycles. The van der Waals surface area contributed by atoms with Crippen LogP contribution in [-0.4, -0.2) is 34.8 Å². The number of hydrogen-bond acceptors (Lipinski definition) is 5. The topological polar surface area (TPSA) is 85.6 Å². The van der Waals surface area contributed by atoms with Gasteiger partial charge in [0, 0.05) is 12.3 Å². The number of phenolic OH excluding ortho intramolecular Hbond substituents is 1. The van der Waals surface area contributed by atoms with Crippen LogP contribution in [0.5, 0.6) is 17.2 Å². The Bertz CT molecular complexity index is 1040. The normalized spacial score (nSPS) is 15.7. The number of aromatic hydroxyl groups is 1. The lowest BCUT2D eigenvalue weighted by molar-refractivity contribution is -0.116. The van der Waals surface area contributed by atoms with Crippen molar-refractivity contribution < 1.29 is 23.8 Å². The van der Waals surface area contributed by atoms with Gasteiger partial charge in [-0.15, -0.1) is 0 Å². The molecule has 0 saturated heterocycles. The molecule has 1 aromatic heterocycles. The van der Waals surface area contributed by atoms with Gasteiger partial charge in [0.05, 0.1) is 25.6 Å². The predicted molar refractivity (Wildman–Crippen MR) is 99.8 cm³/mol. The Morgan fingerprint density at radius 1 is 1.21 bits per heavy atom. The van der Waals surface area contributed by atoms with E-state index in [1.54, 1.807) is 30.3 Å². The minimum absolute atomic E-state index is 0.119. The summed E-state index contributed by atoms with van der Waals surface area (Å²) in [4.78, 5) is 16.8. The minimum atomic E-state index is -0.424. The van der Waals surface area contributed by atoms with Crippen LogP contribution in [-0.2, 0) is 4.79 Å². The lowest BCUT2D eigenvalue weighted by Crippen LogP contribution is -2.25. The number of hydrogen-bond donors (Lipinski definition) is 2. The smallest absolute Gasteiger partial charge is 0.226 e. The first-order valence-corrected chi connectivity index (χ1v) is 8.60. The summed E-state index contributed by atoms with van der Waals surface area (Å²) >= 11 is 0. The number of nitrogens with zero attached hydrogens (tertiary/aromatic N) is 2. The molecule has 1 aliphatic heterocycles. The van der Waals surface area contributed by atoms with Crippen molar-refractivity contribution in [2.24, 2.45) is 0 Å². The number of methoxy groups -OCH3 is 2. The quantitative estimate of drug-likeness (QED) is 0.723. The number of fused-ring (bicyclic) bond motifs is 1. The molecule has 7 nitrogen and oxygen atoms in total. The number of para-hydroxylation sites is 1. The van der Waals surface area contributed by atoms with E-state index < -0.39 is 11.7 Å². The summed E-state index contributed by atoms with van der Waals surface area (Å²) in [5.74, 6) is -0.289. The van der Waals surface area contributed by atoms with Gasteiger partial charge in [0.2, 0.25) is 11.7 Å². The van der Waals surface area contributed by atoms with Gasteiger partial charge >= 0.3 is 0 Å². The van der Waals surface area contributed by atoms with Crippen LogP contribution in [0.15, 0.2) is 42.7 Å². The molecular weight excluding hydrogens is 365 g/mol. The van der Waals surface area contributed by atoms with E-state index in [9.17, 15) is 14.3 Å². The van der Waals surface area contributed by atoms with Gasteiger partial charge in [0.25, 0.3) is 0 Å². The zero-order chi connectivity index (χ0) is 19.8. The second kappa shape index (κ2) is 6.88. The summed E-state index contributed by atoms with van der Waals surface area (Å²) in [5.41, 5.74) is 1.58. The number of amides is 1. The molecule has 0 bridgehead atoms. The van der Waals surface area contributed by atoms with Gasteiger partial charge in [0.1, 0.15) is 18.0 Å². The van der Waals surface area contributed by atoms with Crippen LogP contribution in [0.1, 0.15) is 23.6 Å². The monoisotopic (exact) mass is 383 g/mol. The number of ether oxygens (including phenoxy) is 2. The maximum atomic E-state index is 14.3. The van der Waals surface area contributed by atoms with E-state index in [-0.39, 0.29) is 35.3 Å². The average Bonchev–Trinajstić information content (AvgIpc) is 3.11. The second-order valence-corrected chi connectivity index (χ2v) is 6.38. The molecule has 0 spiro atoms. The molecular formula is C20H18FN3O4. The number of rotatable bonds is 4. The molecule has 0 fully saturated rings. The highest BCUT2D eigenvalue weighted by Gasteiger charge is 2.32. The maximum Gasteiger partial charge on any atom is 0.226 e. The van der Waals surface area contributed by atoms with Crippen molar-refractivity contribution in [2.45, 2.75) is 12.3 Å². The molecule has 1 amide bonds. The van der Waals surface area contributed by atoms with E-state index in [2.05, 4.69) is 10.3 Å². The largest absolute Gasteiger partial charge is 0.502 e. The number of imidazole rings is 1. The molecule has 4 rings (SSSR count). The molecule has 1 atom stereocenters. The van der Waals surface area contributed by atoms with Crippen LogP contribution < -0.4 is 14.8 Å². The molecule has 144 valence electrons. The fourth-order valence-electron chi connectivity index (χ4n) is 3.43. The third-order valence-corrected chi connectivity index (χ3v) is 4.79. The van der Waals surface area contributed by atoms with Crippen molar-refractivity contribution in [2.75, 3.05) is 19.5 Å². The lowest BCUT2D eigenvalue weighted by Gasteiger charge is -2.24. The van der Waals surface area contributed by atoms with Crippen molar-refractivity contribution in [1.29, 1.82) is 0 Å². The first-order chi connectivity index (χ1) is 13.5. The van der Waals surface area contributed by atoms with Crippen molar-refractivity contribution in [1.82, 2.24) is 9.55 Å². The van der Waals surface area contributed by atoms with Gasteiger partial charge in [-0.2, -0.15) is 0 Å². The molecule has 2 aromatic carbocycles. The van der Waals surface area contributed by atoms with E-state index in [0.717, 1.165) is 0 Å². The number of halogens is 1. The van der Waals surface area contributed by atoms with E-state index >= 15 is 0 Å². The summed E-state index contributed by atoms with van der Waals surface area (Å²) in [6, 6.07) is 9.56. The van der Waals surface area contributed by atoms with Gasteiger partial charge in [-0.1, -0.05) is 12.1 Å². The van der Waals surface area contributed by atoms with Crippen molar-refractivity contribution in [3.63, 3.8) is 0 Å². The Balaban J connectivity index is 1.85. The van der Waals surface area contributed by atoms with Crippen molar-refractivity contribution in [3.05, 3.63) is 59.8 Å². The lowest BCUT2D eigenvalue weighted by atomic mass is 9.89. The molecule has 2 N–H and O–H groups in total. The Morgan fingerprint density at radius 2 is 1.89 bits per heavy atom. The fourth-order valence-corrected chi connectivity index (χ4v) is 3.43. The highest BCUT2D eigenvalue weighted by molar-refractivity contribution is 5.94. The molecule has 1 aliphatic rings. The van der Waals surface area contributed by atoms with E-state index in [1.165, 1.54) is 31.2 Å². The van der Waals surface area contributed by atoms with Crippen molar-refractivity contribution in [3.8, 4) is 22.9 Å². The summed E-state index contributed by atoms with van der Waals surface area (Å²) in [6.45, 7) is 0. The SMILES string of the molecule is COc1cc([C@H]2CC(=O)Nc3c2ncn3-c2ccccc2F)cc(OC)c1O. The third-order valence-electron chi connectivity index (χ3n) is 4.79. The van der Waals surface area contributed by atoms with E-state index in [4.69, 9.17) is 9.47 Å². The number of carbonyl (C=O) groups is 1. The van der Waals surface area contributed by atoms with Crippen LogP contribution in [0.25, 0.3) is 5.69 Å². The van der Waals surface area contributed by atoms with Gasteiger partial charge in [-0.25, -0.2) is 9.37 Å².